The Hall–Kier alpha value is 0.270. The molecule has 0 aliphatic carbocycles. The van der Waals surface area contributed by atoms with Gasteiger partial charge in [-0.1, -0.05) is 20.3 Å². The Morgan fingerprint density at radius 2 is 2.38 bits per heavy atom. The van der Waals surface area contributed by atoms with Gasteiger partial charge in [-0.05, 0) is 12.8 Å². The van der Waals surface area contributed by atoms with Gasteiger partial charge < -0.3 is 5.32 Å². The molecule has 0 spiro atoms. The standard InChI is InChI=1S/C10H21N2S/c1-3-5-9(4-2)12-10-8-11-6-7-13-10/h9,11-12H,3-8H2,1-2H3. The Labute approximate surface area is 86.2 Å². The molecule has 1 unspecified atom stereocenters. The molecule has 2 nitrogen and oxygen atoms in total. The van der Waals surface area contributed by atoms with Crippen molar-refractivity contribution in [1.29, 1.82) is 0 Å². The van der Waals surface area contributed by atoms with Gasteiger partial charge in [-0.2, -0.15) is 0 Å². The molecule has 0 amide bonds. The summed E-state index contributed by atoms with van der Waals surface area (Å²) in [5, 5.41) is 8.45. The third kappa shape index (κ3) is 4.34. The predicted molar refractivity (Wildman–Crippen MR) is 60.7 cm³/mol. The van der Waals surface area contributed by atoms with E-state index in [2.05, 4.69) is 24.5 Å². The number of hydrogen-bond donors (Lipinski definition) is 2. The molecule has 1 fully saturated rings. The second kappa shape index (κ2) is 6.68. The van der Waals surface area contributed by atoms with Crippen LogP contribution in [0.3, 0.4) is 0 Å². The number of rotatable bonds is 5. The van der Waals surface area contributed by atoms with Crippen LogP contribution in [0.5, 0.6) is 0 Å². The first-order valence-corrected chi connectivity index (χ1v) is 6.31. The highest BCUT2D eigenvalue weighted by Crippen LogP contribution is 2.19. The van der Waals surface area contributed by atoms with E-state index in [1.165, 1.54) is 30.4 Å². The van der Waals surface area contributed by atoms with E-state index in [-0.39, 0.29) is 0 Å². The highest BCUT2D eigenvalue weighted by atomic mass is 32.2. The van der Waals surface area contributed by atoms with E-state index in [1.54, 1.807) is 0 Å². The molecule has 77 valence electrons. The highest BCUT2D eigenvalue weighted by molar-refractivity contribution is 8.02. The lowest BCUT2D eigenvalue weighted by Gasteiger charge is -2.27. The van der Waals surface area contributed by atoms with Crippen molar-refractivity contribution in [2.24, 2.45) is 0 Å². The zero-order valence-electron chi connectivity index (χ0n) is 8.73. The van der Waals surface area contributed by atoms with E-state index in [0.717, 1.165) is 13.1 Å². The van der Waals surface area contributed by atoms with Crippen molar-refractivity contribution in [2.75, 3.05) is 18.8 Å². The fourth-order valence-corrected chi connectivity index (χ4v) is 2.49. The second-order valence-electron chi connectivity index (χ2n) is 3.49. The predicted octanol–water partition coefficient (Wildman–Crippen LogP) is 1.98. The first kappa shape index (κ1) is 11.3. The van der Waals surface area contributed by atoms with Gasteiger partial charge in [0.25, 0.3) is 0 Å². The van der Waals surface area contributed by atoms with Crippen LogP contribution in [0.2, 0.25) is 0 Å². The summed E-state index contributed by atoms with van der Waals surface area (Å²) in [6.07, 6.45) is 3.80. The maximum absolute atomic E-state index is 3.62. The molecule has 1 heterocycles. The Bertz CT molecular complexity index is 121. The van der Waals surface area contributed by atoms with Crippen molar-refractivity contribution >= 4 is 11.8 Å². The lowest BCUT2D eigenvalue weighted by atomic mass is 10.1. The quantitative estimate of drug-likeness (QED) is 0.711. The van der Waals surface area contributed by atoms with Crippen LogP contribution >= 0.6 is 11.8 Å². The van der Waals surface area contributed by atoms with Crippen LogP contribution in [0.15, 0.2) is 0 Å². The molecule has 0 bridgehead atoms. The lowest BCUT2D eigenvalue weighted by molar-refractivity contribution is 0.480. The minimum absolute atomic E-state index is 0.687. The fraction of sp³-hybridized carbons (Fsp3) is 0.900. The van der Waals surface area contributed by atoms with E-state index >= 15 is 0 Å². The number of hydrogen-bond acceptors (Lipinski definition) is 3. The van der Waals surface area contributed by atoms with Crippen LogP contribution in [-0.4, -0.2) is 24.9 Å². The molecular formula is C10H21N2S. The molecule has 3 heteroatoms. The Balaban J connectivity index is 2.18. The molecule has 0 saturated carbocycles. The summed E-state index contributed by atoms with van der Waals surface area (Å²) in [5.41, 5.74) is 0. The van der Waals surface area contributed by atoms with E-state index in [0.29, 0.717) is 6.04 Å². The van der Waals surface area contributed by atoms with Crippen molar-refractivity contribution < 1.29 is 0 Å². The molecule has 2 N–H and O–H groups in total. The Kier molecular flexibility index (Phi) is 5.83. The zero-order chi connectivity index (χ0) is 9.52. The Morgan fingerprint density at radius 1 is 1.54 bits per heavy atom. The summed E-state index contributed by atoms with van der Waals surface area (Å²) in [6.45, 7) is 6.71. The van der Waals surface area contributed by atoms with Crippen LogP contribution in [0.4, 0.5) is 0 Å². The second-order valence-corrected chi connectivity index (χ2v) is 4.68. The summed E-state index contributed by atoms with van der Waals surface area (Å²) in [6, 6.07) is 0.687. The van der Waals surface area contributed by atoms with Crippen molar-refractivity contribution in [3.05, 3.63) is 5.37 Å². The van der Waals surface area contributed by atoms with Gasteiger partial charge in [-0.15, -0.1) is 11.8 Å². The van der Waals surface area contributed by atoms with Gasteiger partial charge >= 0.3 is 0 Å². The minimum atomic E-state index is 0.687. The van der Waals surface area contributed by atoms with Crippen molar-refractivity contribution in [3.8, 4) is 0 Å². The summed E-state index contributed by atoms with van der Waals surface area (Å²) < 4.78 is 0. The zero-order valence-corrected chi connectivity index (χ0v) is 9.54. The smallest absolute Gasteiger partial charge is 0.106 e. The third-order valence-corrected chi connectivity index (χ3v) is 3.35. The molecule has 0 aromatic carbocycles. The maximum Gasteiger partial charge on any atom is 0.106 e. The molecule has 0 aromatic rings. The number of thioether (sulfide) groups is 1. The summed E-state index contributed by atoms with van der Waals surface area (Å²) in [7, 11) is 0. The molecule has 1 aliphatic heterocycles. The summed E-state index contributed by atoms with van der Waals surface area (Å²) >= 11 is 1.98. The van der Waals surface area contributed by atoms with Gasteiger partial charge in [-0.3, -0.25) is 5.32 Å². The van der Waals surface area contributed by atoms with E-state index in [9.17, 15) is 0 Å². The average Bonchev–Trinajstić information content (AvgIpc) is 2.19. The lowest BCUT2D eigenvalue weighted by Crippen LogP contribution is -2.40. The van der Waals surface area contributed by atoms with Gasteiger partial charge in [0.15, 0.2) is 0 Å². The largest absolute Gasteiger partial charge is 0.313 e. The van der Waals surface area contributed by atoms with Gasteiger partial charge in [0.05, 0.1) is 0 Å². The van der Waals surface area contributed by atoms with Crippen LogP contribution < -0.4 is 10.6 Å². The Morgan fingerprint density at radius 3 is 2.92 bits per heavy atom. The van der Waals surface area contributed by atoms with Gasteiger partial charge in [-0.25, -0.2) is 0 Å². The monoisotopic (exact) mass is 201 g/mol. The summed E-state index contributed by atoms with van der Waals surface area (Å²) in [4.78, 5) is 0. The normalized spacial score (nSPS) is 21.7. The molecular weight excluding hydrogens is 180 g/mol. The first-order valence-electron chi connectivity index (χ1n) is 5.32. The first-order chi connectivity index (χ1) is 6.36. The van der Waals surface area contributed by atoms with E-state index < -0.39 is 0 Å². The van der Waals surface area contributed by atoms with Crippen LogP contribution in [0.25, 0.3) is 0 Å². The molecule has 0 aromatic heterocycles. The van der Waals surface area contributed by atoms with E-state index in [1.807, 2.05) is 11.8 Å². The van der Waals surface area contributed by atoms with Crippen LogP contribution in [0, 0.1) is 5.37 Å². The molecule has 1 atom stereocenters. The third-order valence-electron chi connectivity index (χ3n) is 2.34. The highest BCUT2D eigenvalue weighted by Gasteiger charge is 2.17. The number of nitrogens with one attached hydrogen (secondary N) is 2. The van der Waals surface area contributed by atoms with E-state index in [4.69, 9.17) is 0 Å². The van der Waals surface area contributed by atoms with Crippen molar-refractivity contribution in [1.82, 2.24) is 10.6 Å². The summed E-state index contributed by atoms with van der Waals surface area (Å²) in [5.74, 6) is 1.21. The van der Waals surface area contributed by atoms with Crippen molar-refractivity contribution in [2.45, 2.75) is 39.2 Å². The fourth-order valence-electron chi connectivity index (χ4n) is 1.55. The molecule has 1 saturated heterocycles. The van der Waals surface area contributed by atoms with Crippen LogP contribution in [0.1, 0.15) is 33.1 Å². The van der Waals surface area contributed by atoms with Crippen LogP contribution in [-0.2, 0) is 0 Å². The SMILES string of the molecule is CCCC(CC)N[C]1CNCCS1. The average molecular weight is 201 g/mol. The van der Waals surface area contributed by atoms with Gasteiger partial charge in [0.1, 0.15) is 5.37 Å². The molecule has 1 aliphatic rings. The topological polar surface area (TPSA) is 24.1 Å². The molecule has 1 rings (SSSR count). The van der Waals surface area contributed by atoms with Crippen molar-refractivity contribution in [3.63, 3.8) is 0 Å². The maximum atomic E-state index is 3.62. The van der Waals surface area contributed by atoms with Gasteiger partial charge in [0.2, 0.25) is 0 Å². The minimum Gasteiger partial charge on any atom is -0.313 e. The molecule has 1 radical (unpaired) electrons. The van der Waals surface area contributed by atoms with Gasteiger partial charge in [0, 0.05) is 24.9 Å². The molecule has 13 heavy (non-hydrogen) atoms.